The summed E-state index contributed by atoms with van der Waals surface area (Å²) in [5.74, 6) is 0.158. The van der Waals surface area contributed by atoms with Gasteiger partial charge in [0.25, 0.3) is 0 Å². The van der Waals surface area contributed by atoms with Crippen molar-refractivity contribution in [3.63, 3.8) is 0 Å². The molecule has 1 aliphatic heterocycles. The lowest BCUT2D eigenvalue weighted by Gasteiger charge is -2.19. The van der Waals surface area contributed by atoms with Gasteiger partial charge in [0.05, 0.1) is 5.70 Å². The molecule has 2 nitrogen and oxygen atoms in total. The van der Waals surface area contributed by atoms with Gasteiger partial charge in [-0.1, -0.05) is 30.3 Å². The summed E-state index contributed by atoms with van der Waals surface area (Å²) in [7, 11) is 0. The van der Waals surface area contributed by atoms with E-state index in [0.717, 1.165) is 24.4 Å². The minimum absolute atomic E-state index is 0.158. The summed E-state index contributed by atoms with van der Waals surface area (Å²) >= 11 is 0. The molecule has 0 unspecified atom stereocenters. The summed E-state index contributed by atoms with van der Waals surface area (Å²) in [5, 5.41) is 0. The third kappa shape index (κ3) is 2.51. The van der Waals surface area contributed by atoms with Crippen LogP contribution in [0.1, 0.15) is 25.3 Å². The van der Waals surface area contributed by atoms with Crippen molar-refractivity contribution in [3.05, 3.63) is 41.6 Å². The largest absolute Gasteiger partial charge is 0.369 e. The Morgan fingerprint density at radius 1 is 1.19 bits per heavy atom. The highest BCUT2D eigenvalue weighted by molar-refractivity contribution is 5.97. The van der Waals surface area contributed by atoms with Gasteiger partial charge in [-0.15, -0.1) is 0 Å². The molecule has 0 atom stereocenters. The summed E-state index contributed by atoms with van der Waals surface area (Å²) in [6, 6.07) is 10.0. The molecule has 0 radical (unpaired) electrons. The maximum Gasteiger partial charge on any atom is 0.175 e. The highest BCUT2D eigenvalue weighted by Crippen LogP contribution is 2.18. The van der Waals surface area contributed by atoms with Crippen LogP contribution in [0.4, 0.5) is 0 Å². The number of allylic oxidation sites excluding steroid dienone is 1. The molecule has 0 spiro atoms. The summed E-state index contributed by atoms with van der Waals surface area (Å²) in [6.45, 7) is 3.67. The molecule has 0 bridgehead atoms. The summed E-state index contributed by atoms with van der Waals surface area (Å²) in [4.78, 5) is 13.8. The Morgan fingerprint density at radius 2 is 1.81 bits per heavy atom. The molecule has 0 amide bonds. The van der Waals surface area contributed by atoms with Gasteiger partial charge in [0.1, 0.15) is 0 Å². The van der Waals surface area contributed by atoms with Gasteiger partial charge in [-0.3, -0.25) is 4.79 Å². The topological polar surface area (TPSA) is 20.3 Å². The first kappa shape index (κ1) is 10.9. The fourth-order valence-electron chi connectivity index (χ4n) is 2.08. The molecule has 84 valence electrons. The second-order valence-corrected chi connectivity index (χ2v) is 4.19. The van der Waals surface area contributed by atoms with Crippen molar-refractivity contribution in [2.45, 2.75) is 19.8 Å². The van der Waals surface area contributed by atoms with E-state index in [9.17, 15) is 4.79 Å². The number of likely N-dealkylation sites (tertiary alicyclic amines) is 1. The second-order valence-electron chi connectivity index (χ2n) is 4.19. The van der Waals surface area contributed by atoms with Gasteiger partial charge in [0, 0.05) is 20.0 Å². The maximum absolute atomic E-state index is 11.6. The van der Waals surface area contributed by atoms with E-state index in [1.54, 1.807) is 6.92 Å². The van der Waals surface area contributed by atoms with Crippen LogP contribution in [0.3, 0.4) is 0 Å². The molecule has 2 rings (SSSR count). The average molecular weight is 215 g/mol. The van der Waals surface area contributed by atoms with Crippen molar-refractivity contribution in [1.29, 1.82) is 0 Å². The average Bonchev–Trinajstić information content (AvgIpc) is 2.80. The quantitative estimate of drug-likeness (QED) is 0.722. The van der Waals surface area contributed by atoms with Crippen LogP contribution >= 0.6 is 0 Å². The number of Topliss-reactive ketones (excluding diaryl/α,β-unsaturated/α-hetero) is 1. The van der Waals surface area contributed by atoms with E-state index in [0.29, 0.717) is 0 Å². The molecule has 0 aromatic heterocycles. The minimum atomic E-state index is 0.158. The zero-order valence-electron chi connectivity index (χ0n) is 9.65. The number of ketones is 1. The van der Waals surface area contributed by atoms with E-state index in [1.165, 1.54) is 12.8 Å². The number of benzene rings is 1. The Labute approximate surface area is 96.6 Å². The van der Waals surface area contributed by atoms with Gasteiger partial charge in [-0.25, -0.2) is 0 Å². The van der Waals surface area contributed by atoms with Crippen molar-refractivity contribution in [1.82, 2.24) is 4.90 Å². The summed E-state index contributed by atoms with van der Waals surface area (Å²) < 4.78 is 0. The van der Waals surface area contributed by atoms with Crippen LogP contribution in [0.25, 0.3) is 6.08 Å². The van der Waals surface area contributed by atoms with E-state index in [1.807, 2.05) is 36.4 Å². The van der Waals surface area contributed by atoms with Gasteiger partial charge in [0.2, 0.25) is 0 Å². The Morgan fingerprint density at radius 3 is 2.38 bits per heavy atom. The zero-order valence-corrected chi connectivity index (χ0v) is 9.65. The number of hydrogen-bond donors (Lipinski definition) is 0. The monoisotopic (exact) mass is 215 g/mol. The summed E-state index contributed by atoms with van der Waals surface area (Å²) in [6.07, 6.45) is 4.38. The van der Waals surface area contributed by atoms with E-state index < -0.39 is 0 Å². The summed E-state index contributed by atoms with van der Waals surface area (Å²) in [5.41, 5.74) is 1.95. The van der Waals surface area contributed by atoms with Crippen LogP contribution in [-0.4, -0.2) is 23.8 Å². The predicted octanol–water partition coefficient (Wildman–Crippen LogP) is 2.71. The van der Waals surface area contributed by atoms with Crippen molar-refractivity contribution < 1.29 is 4.79 Å². The van der Waals surface area contributed by atoms with Crippen molar-refractivity contribution in [2.75, 3.05) is 13.1 Å². The van der Waals surface area contributed by atoms with E-state index in [4.69, 9.17) is 0 Å². The highest BCUT2D eigenvalue weighted by atomic mass is 16.1. The third-order valence-electron chi connectivity index (χ3n) is 2.91. The van der Waals surface area contributed by atoms with Gasteiger partial charge < -0.3 is 4.90 Å². The molecule has 1 aromatic carbocycles. The highest BCUT2D eigenvalue weighted by Gasteiger charge is 2.17. The predicted molar refractivity (Wildman–Crippen MR) is 65.9 cm³/mol. The molecule has 1 aromatic rings. The Balaban J connectivity index is 2.25. The van der Waals surface area contributed by atoms with Gasteiger partial charge in [-0.05, 0) is 24.5 Å². The van der Waals surface area contributed by atoms with Crippen LogP contribution in [0.5, 0.6) is 0 Å². The fourth-order valence-corrected chi connectivity index (χ4v) is 2.08. The van der Waals surface area contributed by atoms with Crippen molar-refractivity contribution >= 4 is 11.9 Å². The first-order valence-electron chi connectivity index (χ1n) is 5.80. The van der Waals surface area contributed by atoms with Gasteiger partial charge in [-0.2, -0.15) is 0 Å². The van der Waals surface area contributed by atoms with E-state index >= 15 is 0 Å². The van der Waals surface area contributed by atoms with Crippen LogP contribution in [-0.2, 0) is 4.79 Å². The second kappa shape index (κ2) is 4.97. The Hall–Kier alpha value is -1.57. The van der Waals surface area contributed by atoms with Crippen molar-refractivity contribution in [2.24, 2.45) is 0 Å². The first-order chi connectivity index (χ1) is 7.77. The smallest absolute Gasteiger partial charge is 0.175 e. The number of carbonyl (C=O) groups is 1. The normalized spacial score (nSPS) is 16.6. The Kier molecular flexibility index (Phi) is 3.40. The minimum Gasteiger partial charge on any atom is -0.369 e. The third-order valence-corrected chi connectivity index (χ3v) is 2.91. The molecule has 1 saturated heterocycles. The maximum atomic E-state index is 11.6. The molecular formula is C14H17NO. The lowest BCUT2D eigenvalue weighted by atomic mass is 10.1. The number of hydrogen-bond acceptors (Lipinski definition) is 2. The van der Waals surface area contributed by atoms with E-state index in [-0.39, 0.29) is 5.78 Å². The Bertz CT molecular complexity index is 388. The van der Waals surface area contributed by atoms with Crippen LogP contribution in [0.15, 0.2) is 36.0 Å². The zero-order chi connectivity index (χ0) is 11.4. The lowest BCUT2D eigenvalue weighted by molar-refractivity contribution is -0.114. The van der Waals surface area contributed by atoms with Crippen LogP contribution < -0.4 is 0 Å². The van der Waals surface area contributed by atoms with Gasteiger partial charge in [0.15, 0.2) is 5.78 Å². The molecule has 1 heterocycles. The molecule has 2 heteroatoms. The SMILES string of the molecule is CC(=O)C(=Cc1ccccc1)N1CCCC1. The molecule has 1 fully saturated rings. The molecule has 1 aliphatic rings. The standard InChI is InChI=1S/C14H17NO/c1-12(16)14(15-9-5-6-10-15)11-13-7-3-2-4-8-13/h2-4,7-8,11H,5-6,9-10H2,1H3. The molecule has 16 heavy (non-hydrogen) atoms. The fraction of sp³-hybridized carbons (Fsp3) is 0.357. The van der Waals surface area contributed by atoms with Crippen LogP contribution in [0, 0.1) is 0 Å². The molecule has 0 saturated carbocycles. The number of nitrogens with zero attached hydrogens (tertiary/aromatic N) is 1. The van der Waals surface area contributed by atoms with Crippen LogP contribution in [0.2, 0.25) is 0 Å². The lowest BCUT2D eigenvalue weighted by Crippen LogP contribution is -2.22. The molecule has 0 N–H and O–H groups in total. The van der Waals surface area contributed by atoms with Gasteiger partial charge >= 0.3 is 0 Å². The number of carbonyl (C=O) groups excluding carboxylic acids is 1. The van der Waals surface area contributed by atoms with E-state index in [2.05, 4.69) is 4.90 Å². The number of rotatable bonds is 3. The molecular weight excluding hydrogens is 198 g/mol. The molecule has 0 aliphatic carbocycles. The first-order valence-corrected chi connectivity index (χ1v) is 5.80. The van der Waals surface area contributed by atoms with Crippen molar-refractivity contribution in [3.8, 4) is 0 Å².